The van der Waals surface area contributed by atoms with E-state index in [1.54, 1.807) is 13.2 Å². The molecule has 1 aromatic rings. The van der Waals surface area contributed by atoms with Crippen LogP contribution in [0.15, 0.2) is 18.2 Å². The first kappa shape index (κ1) is 11.4. The standard InChI is InChI=1S/C12H17FN2O/c1-16-10-5-9(6-10)15-7-8-2-3-12(14)11(13)4-8/h2-4,9-10,15H,5-7,14H2,1H3. The normalized spacial score (nSPS) is 24.1. The SMILES string of the molecule is COC1CC(NCc2ccc(N)c(F)c2)C1. The summed E-state index contributed by atoms with van der Waals surface area (Å²) in [5.74, 6) is -0.345. The van der Waals surface area contributed by atoms with E-state index in [1.165, 1.54) is 6.07 Å². The molecule has 1 fully saturated rings. The molecule has 0 saturated heterocycles. The highest BCUT2D eigenvalue weighted by atomic mass is 19.1. The van der Waals surface area contributed by atoms with Crippen molar-refractivity contribution in [2.75, 3.05) is 12.8 Å². The Bertz CT molecular complexity index is 364. The molecule has 1 aliphatic carbocycles. The monoisotopic (exact) mass is 224 g/mol. The molecule has 16 heavy (non-hydrogen) atoms. The van der Waals surface area contributed by atoms with Crippen molar-refractivity contribution in [3.05, 3.63) is 29.6 Å². The molecule has 3 N–H and O–H groups in total. The number of anilines is 1. The molecule has 0 aromatic heterocycles. The maximum absolute atomic E-state index is 13.1. The highest BCUT2D eigenvalue weighted by Gasteiger charge is 2.28. The summed E-state index contributed by atoms with van der Waals surface area (Å²) in [6, 6.07) is 5.42. The molecule has 0 bridgehead atoms. The Hall–Kier alpha value is -1.13. The molecule has 0 aliphatic heterocycles. The lowest BCUT2D eigenvalue weighted by Gasteiger charge is -2.34. The zero-order valence-electron chi connectivity index (χ0n) is 9.37. The van der Waals surface area contributed by atoms with Gasteiger partial charge in [0.05, 0.1) is 11.8 Å². The zero-order valence-corrected chi connectivity index (χ0v) is 9.37. The summed E-state index contributed by atoms with van der Waals surface area (Å²) in [5.41, 5.74) is 6.53. The maximum Gasteiger partial charge on any atom is 0.146 e. The molecule has 2 rings (SSSR count). The van der Waals surface area contributed by atoms with E-state index in [0.717, 1.165) is 18.4 Å². The van der Waals surface area contributed by atoms with E-state index in [-0.39, 0.29) is 11.5 Å². The third-order valence-electron chi connectivity index (χ3n) is 3.09. The average Bonchev–Trinajstić information content (AvgIpc) is 2.21. The minimum absolute atomic E-state index is 0.201. The van der Waals surface area contributed by atoms with Gasteiger partial charge in [-0.1, -0.05) is 6.07 Å². The van der Waals surface area contributed by atoms with Gasteiger partial charge in [0.15, 0.2) is 0 Å². The van der Waals surface area contributed by atoms with Crippen molar-refractivity contribution in [2.45, 2.75) is 31.5 Å². The third kappa shape index (κ3) is 2.51. The Kier molecular flexibility index (Phi) is 3.41. The Balaban J connectivity index is 1.80. The third-order valence-corrected chi connectivity index (χ3v) is 3.09. The molecule has 1 aliphatic rings. The minimum Gasteiger partial charge on any atom is -0.396 e. The van der Waals surface area contributed by atoms with E-state index in [2.05, 4.69) is 5.32 Å². The summed E-state index contributed by atoms with van der Waals surface area (Å²) in [4.78, 5) is 0. The first-order valence-corrected chi connectivity index (χ1v) is 5.49. The number of nitrogens with two attached hydrogens (primary N) is 1. The topological polar surface area (TPSA) is 47.3 Å². The van der Waals surface area contributed by atoms with Crippen LogP contribution >= 0.6 is 0 Å². The molecule has 0 unspecified atom stereocenters. The van der Waals surface area contributed by atoms with E-state index < -0.39 is 0 Å². The molecule has 0 spiro atoms. The lowest BCUT2D eigenvalue weighted by Crippen LogP contribution is -2.44. The van der Waals surface area contributed by atoms with Crippen molar-refractivity contribution in [2.24, 2.45) is 0 Å². The Morgan fingerprint density at radius 2 is 2.25 bits per heavy atom. The number of halogens is 1. The number of hydrogen-bond acceptors (Lipinski definition) is 3. The van der Waals surface area contributed by atoms with Gasteiger partial charge in [-0.2, -0.15) is 0 Å². The van der Waals surface area contributed by atoms with Crippen LogP contribution in [0.25, 0.3) is 0 Å². The summed E-state index contributed by atoms with van der Waals surface area (Å²) < 4.78 is 18.3. The van der Waals surface area contributed by atoms with Crippen LogP contribution in [0.3, 0.4) is 0 Å². The van der Waals surface area contributed by atoms with E-state index >= 15 is 0 Å². The van der Waals surface area contributed by atoms with Gasteiger partial charge >= 0.3 is 0 Å². The molecular weight excluding hydrogens is 207 g/mol. The van der Waals surface area contributed by atoms with E-state index in [1.807, 2.05) is 6.07 Å². The van der Waals surface area contributed by atoms with E-state index in [0.29, 0.717) is 18.7 Å². The highest BCUT2D eigenvalue weighted by molar-refractivity contribution is 5.41. The van der Waals surface area contributed by atoms with Gasteiger partial charge in [-0.05, 0) is 30.5 Å². The number of nitrogen functional groups attached to an aromatic ring is 1. The smallest absolute Gasteiger partial charge is 0.146 e. The number of methoxy groups -OCH3 is 1. The van der Waals surface area contributed by atoms with Crippen LogP contribution in [0.1, 0.15) is 18.4 Å². The van der Waals surface area contributed by atoms with Gasteiger partial charge in [-0.15, -0.1) is 0 Å². The molecule has 88 valence electrons. The van der Waals surface area contributed by atoms with Crippen LogP contribution in [0.2, 0.25) is 0 Å². The quantitative estimate of drug-likeness (QED) is 0.765. The van der Waals surface area contributed by atoms with Gasteiger partial charge in [-0.25, -0.2) is 4.39 Å². The minimum atomic E-state index is -0.345. The van der Waals surface area contributed by atoms with Crippen molar-refractivity contribution in [1.82, 2.24) is 5.32 Å². The molecule has 4 heteroatoms. The van der Waals surface area contributed by atoms with Gasteiger partial charge in [0.1, 0.15) is 5.82 Å². The molecule has 1 aromatic carbocycles. The van der Waals surface area contributed by atoms with Gasteiger partial charge < -0.3 is 15.8 Å². The molecule has 0 radical (unpaired) electrons. The highest BCUT2D eigenvalue weighted by Crippen LogP contribution is 2.23. The summed E-state index contributed by atoms with van der Waals surface area (Å²) in [7, 11) is 1.73. The fourth-order valence-corrected chi connectivity index (χ4v) is 1.87. The molecular formula is C12H17FN2O. The lowest BCUT2D eigenvalue weighted by atomic mass is 9.89. The van der Waals surface area contributed by atoms with Crippen LogP contribution in [0.5, 0.6) is 0 Å². The van der Waals surface area contributed by atoms with E-state index in [4.69, 9.17) is 10.5 Å². The van der Waals surface area contributed by atoms with Crippen LogP contribution in [-0.2, 0) is 11.3 Å². The number of hydrogen-bond donors (Lipinski definition) is 2. The van der Waals surface area contributed by atoms with Gasteiger partial charge in [0, 0.05) is 19.7 Å². The van der Waals surface area contributed by atoms with Crippen molar-refractivity contribution in [3.8, 4) is 0 Å². The van der Waals surface area contributed by atoms with Crippen molar-refractivity contribution >= 4 is 5.69 Å². The summed E-state index contributed by atoms with van der Waals surface area (Å²) in [5, 5.41) is 3.36. The Morgan fingerprint density at radius 3 is 2.88 bits per heavy atom. The molecule has 0 heterocycles. The number of rotatable bonds is 4. The van der Waals surface area contributed by atoms with Crippen molar-refractivity contribution < 1.29 is 9.13 Å². The van der Waals surface area contributed by atoms with Crippen LogP contribution in [-0.4, -0.2) is 19.3 Å². The van der Waals surface area contributed by atoms with Gasteiger partial charge in [0.25, 0.3) is 0 Å². The fraction of sp³-hybridized carbons (Fsp3) is 0.500. The number of nitrogens with one attached hydrogen (secondary N) is 1. The average molecular weight is 224 g/mol. The largest absolute Gasteiger partial charge is 0.396 e. The van der Waals surface area contributed by atoms with E-state index in [9.17, 15) is 4.39 Å². The molecule has 0 atom stereocenters. The van der Waals surface area contributed by atoms with Crippen molar-refractivity contribution in [3.63, 3.8) is 0 Å². The first-order valence-electron chi connectivity index (χ1n) is 5.49. The van der Waals surface area contributed by atoms with Gasteiger partial charge in [-0.3, -0.25) is 0 Å². The summed E-state index contributed by atoms with van der Waals surface area (Å²) in [6.07, 6.45) is 2.46. The summed E-state index contributed by atoms with van der Waals surface area (Å²) >= 11 is 0. The second-order valence-corrected chi connectivity index (χ2v) is 4.26. The second-order valence-electron chi connectivity index (χ2n) is 4.26. The predicted octanol–water partition coefficient (Wildman–Crippen LogP) is 1.67. The van der Waals surface area contributed by atoms with Crippen molar-refractivity contribution in [1.29, 1.82) is 0 Å². The first-order chi connectivity index (χ1) is 7.69. The predicted molar refractivity (Wildman–Crippen MR) is 61.5 cm³/mol. The molecule has 0 amide bonds. The number of ether oxygens (including phenoxy) is 1. The molecule has 1 saturated carbocycles. The fourth-order valence-electron chi connectivity index (χ4n) is 1.87. The van der Waals surface area contributed by atoms with Crippen LogP contribution < -0.4 is 11.1 Å². The Labute approximate surface area is 94.8 Å². The maximum atomic E-state index is 13.1. The van der Waals surface area contributed by atoms with Gasteiger partial charge in [0.2, 0.25) is 0 Å². The lowest BCUT2D eigenvalue weighted by molar-refractivity contribution is 0.0170. The van der Waals surface area contributed by atoms with Crippen LogP contribution in [0, 0.1) is 5.82 Å². The zero-order chi connectivity index (χ0) is 11.5. The molecule has 3 nitrogen and oxygen atoms in total. The van der Waals surface area contributed by atoms with Crippen LogP contribution in [0.4, 0.5) is 10.1 Å². The second kappa shape index (κ2) is 4.80. The summed E-state index contributed by atoms with van der Waals surface area (Å²) in [6.45, 7) is 0.679. The Morgan fingerprint density at radius 1 is 1.50 bits per heavy atom. The number of benzene rings is 1.